The lowest BCUT2D eigenvalue weighted by Gasteiger charge is -2.36. The van der Waals surface area contributed by atoms with Crippen LogP contribution >= 0.6 is 0 Å². The molecule has 3 nitrogen and oxygen atoms in total. The van der Waals surface area contributed by atoms with E-state index < -0.39 is 0 Å². The first-order valence-corrected chi connectivity index (χ1v) is 7.50. The fourth-order valence-corrected chi connectivity index (χ4v) is 3.10. The number of carbonyl (C=O) groups excluding carboxylic acids is 1. The summed E-state index contributed by atoms with van der Waals surface area (Å²) in [5.74, 6) is 0.683. The second-order valence-corrected chi connectivity index (χ2v) is 5.80. The Kier molecular flexibility index (Phi) is 5.19. The number of ketones is 1. The van der Waals surface area contributed by atoms with Crippen LogP contribution in [0.5, 0.6) is 0 Å². The predicted molar refractivity (Wildman–Crippen MR) is 70.6 cm³/mol. The monoisotopic (exact) mass is 254 g/mol. The van der Waals surface area contributed by atoms with Crippen molar-refractivity contribution < 1.29 is 14.3 Å². The zero-order chi connectivity index (χ0) is 12.8. The van der Waals surface area contributed by atoms with Crippen LogP contribution in [-0.2, 0) is 14.3 Å². The number of rotatable bonds is 6. The van der Waals surface area contributed by atoms with Gasteiger partial charge in [-0.15, -0.1) is 0 Å². The van der Waals surface area contributed by atoms with Gasteiger partial charge < -0.3 is 9.47 Å². The third-order valence-corrected chi connectivity index (χ3v) is 4.29. The maximum Gasteiger partial charge on any atom is 0.136 e. The first-order valence-electron chi connectivity index (χ1n) is 7.50. The summed E-state index contributed by atoms with van der Waals surface area (Å²) in [6.45, 7) is 4.41. The van der Waals surface area contributed by atoms with E-state index in [9.17, 15) is 4.79 Å². The van der Waals surface area contributed by atoms with Crippen LogP contribution in [0.1, 0.15) is 58.3 Å². The van der Waals surface area contributed by atoms with Gasteiger partial charge in [0.1, 0.15) is 5.78 Å². The van der Waals surface area contributed by atoms with E-state index in [0.29, 0.717) is 12.4 Å². The van der Waals surface area contributed by atoms with Crippen LogP contribution in [0.4, 0.5) is 0 Å². The van der Waals surface area contributed by atoms with Crippen molar-refractivity contribution in [2.75, 3.05) is 19.8 Å². The van der Waals surface area contributed by atoms with E-state index in [-0.39, 0.29) is 11.5 Å². The number of unbranched alkanes of at least 4 members (excludes halogenated alkanes) is 3. The highest BCUT2D eigenvalue weighted by atomic mass is 16.6. The largest absolute Gasteiger partial charge is 0.378 e. The molecule has 2 aliphatic heterocycles. The van der Waals surface area contributed by atoms with E-state index in [4.69, 9.17) is 9.47 Å². The average Bonchev–Trinajstić information content (AvgIpc) is 2.82. The first-order chi connectivity index (χ1) is 8.76. The third-order valence-electron chi connectivity index (χ3n) is 4.29. The number of hydrogen-bond acceptors (Lipinski definition) is 3. The number of ether oxygens (including phenoxy) is 2. The van der Waals surface area contributed by atoms with Crippen LogP contribution in [0.3, 0.4) is 0 Å². The minimum absolute atomic E-state index is 0.123. The molecule has 3 heteroatoms. The number of carbonyl (C=O) groups is 1. The molecule has 2 fully saturated rings. The molecule has 2 aliphatic rings. The van der Waals surface area contributed by atoms with Crippen molar-refractivity contribution >= 4 is 5.78 Å². The van der Waals surface area contributed by atoms with Gasteiger partial charge in [0.05, 0.1) is 12.2 Å². The van der Waals surface area contributed by atoms with E-state index in [1.54, 1.807) is 0 Å². The van der Waals surface area contributed by atoms with Crippen molar-refractivity contribution in [1.29, 1.82) is 0 Å². The van der Waals surface area contributed by atoms with Gasteiger partial charge in [-0.25, -0.2) is 0 Å². The Bertz CT molecular complexity index is 269. The summed E-state index contributed by atoms with van der Waals surface area (Å²) in [6, 6.07) is 0. The highest BCUT2D eigenvalue weighted by Crippen LogP contribution is 2.36. The molecule has 2 rings (SSSR count). The van der Waals surface area contributed by atoms with E-state index in [1.807, 2.05) is 0 Å². The van der Waals surface area contributed by atoms with Gasteiger partial charge in [-0.3, -0.25) is 4.79 Å². The lowest BCUT2D eigenvalue weighted by atomic mass is 9.82. The van der Waals surface area contributed by atoms with Crippen LogP contribution in [0.2, 0.25) is 0 Å². The van der Waals surface area contributed by atoms with E-state index in [2.05, 4.69) is 6.92 Å². The van der Waals surface area contributed by atoms with Crippen molar-refractivity contribution in [1.82, 2.24) is 0 Å². The molecule has 0 aromatic rings. The number of Topliss-reactive ketones (excluding diaryl/α,β-unsaturated/α-hetero) is 1. The summed E-state index contributed by atoms with van der Waals surface area (Å²) in [4.78, 5) is 12.2. The molecular formula is C15H26O3. The van der Waals surface area contributed by atoms with Crippen LogP contribution < -0.4 is 0 Å². The highest BCUT2D eigenvalue weighted by Gasteiger charge is 2.42. The second kappa shape index (κ2) is 6.67. The van der Waals surface area contributed by atoms with Gasteiger partial charge >= 0.3 is 0 Å². The summed E-state index contributed by atoms with van der Waals surface area (Å²) in [5.41, 5.74) is -0.123. The van der Waals surface area contributed by atoms with Gasteiger partial charge in [-0.05, 0) is 19.3 Å². The topological polar surface area (TPSA) is 35.5 Å². The van der Waals surface area contributed by atoms with Gasteiger partial charge in [0.15, 0.2) is 0 Å². The molecule has 104 valence electrons. The molecule has 0 aliphatic carbocycles. The lowest BCUT2D eigenvalue weighted by Crippen LogP contribution is -2.42. The Labute approximate surface area is 110 Å². The summed E-state index contributed by atoms with van der Waals surface area (Å²) in [7, 11) is 0. The first kappa shape index (κ1) is 14.0. The SMILES string of the molecule is CCCCCCC(=O)C1CCOC2(CCOC2)C1. The van der Waals surface area contributed by atoms with Crippen molar-refractivity contribution in [3.63, 3.8) is 0 Å². The fraction of sp³-hybridized carbons (Fsp3) is 0.933. The van der Waals surface area contributed by atoms with Gasteiger partial charge in [0.25, 0.3) is 0 Å². The molecule has 18 heavy (non-hydrogen) atoms. The Hall–Kier alpha value is -0.410. The smallest absolute Gasteiger partial charge is 0.136 e. The van der Waals surface area contributed by atoms with E-state index in [1.165, 1.54) is 19.3 Å². The molecule has 0 aromatic carbocycles. The lowest BCUT2D eigenvalue weighted by molar-refractivity contribution is -0.137. The van der Waals surface area contributed by atoms with E-state index >= 15 is 0 Å². The highest BCUT2D eigenvalue weighted by molar-refractivity contribution is 5.81. The van der Waals surface area contributed by atoms with Crippen LogP contribution in [0.25, 0.3) is 0 Å². The van der Waals surface area contributed by atoms with Crippen molar-refractivity contribution in [3.05, 3.63) is 0 Å². The Morgan fingerprint density at radius 1 is 1.28 bits per heavy atom. The maximum atomic E-state index is 12.2. The molecule has 2 unspecified atom stereocenters. The second-order valence-electron chi connectivity index (χ2n) is 5.80. The van der Waals surface area contributed by atoms with Crippen molar-refractivity contribution in [2.24, 2.45) is 5.92 Å². The summed E-state index contributed by atoms with van der Waals surface area (Å²) >= 11 is 0. The molecule has 0 saturated carbocycles. The van der Waals surface area contributed by atoms with Crippen molar-refractivity contribution in [3.8, 4) is 0 Å². The van der Waals surface area contributed by atoms with Crippen LogP contribution in [0.15, 0.2) is 0 Å². The zero-order valence-electron chi connectivity index (χ0n) is 11.6. The van der Waals surface area contributed by atoms with Gasteiger partial charge in [-0.1, -0.05) is 26.2 Å². The van der Waals surface area contributed by atoms with Gasteiger partial charge in [0.2, 0.25) is 0 Å². The summed E-state index contributed by atoms with van der Waals surface area (Å²) in [5, 5.41) is 0. The Balaban J connectivity index is 1.75. The van der Waals surface area contributed by atoms with Gasteiger partial charge in [-0.2, -0.15) is 0 Å². The minimum Gasteiger partial charge on any atom is -0.378 e. The molecule has 0 N–H and O–H groups in total. The zero-order valence-corrected chi connectivity index (χ0v) is 11.6. The Morgan fingerprint density at radius 3 is 2.89 bits per heavy atom. The summed E-state index contributed by atoms with van der Waals surface area (Å²) < 4.78 is 11.3. The molecule has 0 amide bonds. The number of hydrogen-bond donors (Lipinski definition) is 0. The standard InChI is InChI=1S/C15H26O3/c1-2-3-4-5-6-14(16)13-7-9-18-15(11-13)8-10-17-12-15/h13H,2-12H2,1H3. The fourth-order valence-electron chi connectivity index (χ4n) is 3.10. The molecule has 0 bridgehead atoms. The van der Waals surface area contributed by atoms with Crippen molar-refractivity contribution in [2.45, 2.75) is 63.9 Å². The molecule has 2 heterocycles. The van der Waals surface area contributed by atoms with Crippen LogP contribution in [-0.4, -0.2) is 31.2 Å². The molecule has 1 spiro atoms. The van der Waals surface area contributed by atoms with E-state index in [0.717, 1.165) is 45.3 Å². The summed E-state index contributed by atoms with van der Waals surface area (Å²) in [6.07, 6.45) is 8.26. The minimum atomic E-state index is -0.123. The maximum absolute atomic E-state index is 12.2. The van der Waals surface area contributed by atoms with Gasteiger partial charge in [0, 0.05) is 32.0 Å². The molecule has 0 aromatic heterocycles. The normalized spacial score (nSPS) is 31.9. The quantitative estimate of drug-likeness (QED) is 0.683. The van der Waals surface area contributed by atoms with Crippen LogP contribution in [0, 0.1) is 5.92 Å². The third kappa shape index (κ3) is 3.55. The predicted octanol–water partition coefficient (Wildman–Crippen LogP) is 3.11. The molecule has 2 atom stereocenters. The molecule has 0 radical (unpaired) electrons. The Morgan fingerprint density at radius 2 is 2.17 bits per heavy atom. The molecular weight excluding hydrogens is 228 g/mol. The average molecular weight is 254 g/mol. The molecule has 2 saturated heterocycles.